The van der Waals surface area contributed by atoms with Crippen LogP contribution in [0, 0.1) is 0 Å². The minimum atomic E-state index is -3.60. The smallest absolute Gasteiger partial charge is 0.355 e. The van der Waals surface area contributed by atoms with Crippen molar-refractivity contribution in [2.45, 2.75) is 62.3 Å². The number of carbonyl (C=O) groups is 2. The molecular weight excluding hydrogens is 382 g/mol. The van der Waals surface area contributed by atoms with Crippen molar-refractivity contribution >= 4 is 21.9 Å². The summed E-state index contributed by atoms with van der Waals surface area (Å²) in [6, 6.07) is 1.46. The molecule has 0 spiro atoms. The van der Waals surface area contributed by atoms with Crippen molar-refractivity contribution in [1.82, 2.24) is 14.2 Å². The molecule has 1 aliphatic heterocycles. The van der Waals surface area contributed by atoms with Crippen LogP contribution in [0.25, 0.3) is 0 Å². The van der Waals surface area contributed by atoms with Gasteiger partial charge in [0.05, 0.1) is 0 Å². The third-order valence-electron chi connectivity index (χ3n) is 5.45. The molecule has 156 valence electrons. The number of nitrogens with zero attached hydrogens (tertiary/aromatic N) is 2. The molecule has 1 aromatic rings. The van der Waals surface area contributed by atoms with E-state index in [1.54, 1.807) is 7.05 Å². The number of esters is 1. The van der Waals surface area contributed by atoms with E-state index < -0.39 is 16.0 Å². The molecule has 2 heterocycles. The molecule has 28 heavy (non-hydrogen) atoms. The van der Waals surface area contributed by atoms with E-state index in [0.29, 0.717) is 13.1 Å². The number of aromatic nitrogens is 1. The Bertz CT molecular complexity index is 804. The molecule has 2 fully saturated rings. The Hall–Kier alpha value is -1.87. The summed E-state index contributed by atoms with van der Waals surface area (Å²) < 4.78 is 33.2. The Morgan fingerprint density at radius 3 is 2.39 bits per heavy atom. The van der Waals surface area contributed by atoms with Crippen molar-refractivity contribution < 1.29 is 22.7 Å². The molecule has 8 nitrogen and oxygen atoms in total. The lowest BCUT2D eigenvalue weighted by Gasteiger charge is -2.16. The standard InChI is InChI=1S/C19H29N3O5S/c1-21-13-16(28(25,26)22-10-6-7-11-22)12-17(21)19(24)27-14-18(23)20-15-8-4-2-3-5-9-15/h12-13,15H,2-11,14H2,1H3,(H,20,23). The first-order valence-corrected chi connectivity index (χ1v) is 11.4. The lowest BCUT2D eigenvalue weighted by Crippen LogP contribution is -2.37. The minimum Gasteiger partial charge on any atom is -0.451 e. The normalized spacial score (nSPS) is 19.3. The second kappa shape index (κ2) is 9.09. The molecule has 0 atom stereocenters. The summed E-state index contributed by atoms with van der Waals surface area (Å²) in [4.78, 5) is 24.5. The maximum Gasteiger partial charge on any atom is 0.355 e. The first-order chi connectivity index (χ1) is 13.4. The second-order valence-electron chi connectivity index (χ2n) is 7.62. The topological polar surface area (TPSA) is 97.7 Å². The Morgan fingerprint density at radius 2 is 1.75 bits per heavy atom. The van der Waals surface area contributed by atoms with Gasteiger partial charge in [-0.05, 0) is 31.7 Å². The van der Waals surface area contributed by atoms with Gasteiger partial charge in [-0.25, -0.2) is 13.2 Å². The van der Waals surface area contributed by atoms with E-state index >= 15 is 0 Å². The average molecular weight is 412 g/mol. The molecule has 3 rings (SSSR count). The Balaban J connectivity index is 1.57. The van der Waals surface area contributed by atoms with Gasteiger partial charge >= 0.3 is 5.97 Å². The second-order valence-corrected chi connectivity index (χ2v) is 9.55. The zero-order valence-corrected chi connectivity index (χ0v) is 17.2. The predicted molar refractivity (Wildman–Crippen MR) is 103 cm³/mol. The molecule has 1 aliphatic carbocycles. The molecule has 0 unspecified atom stereocenters. The number of hydrogen-bond acceptors (Lipinski definition) is 5. The molecule has 9 heteroatoms. The molecule has 1 saturated carbocycles. The molecule has 0 radical (unpaired) electrons. The van der Waals surface area contributed by atoms with E-state index in [1.165, 1.54) is 34.0 Å². The van der Waals surface area contributed by atoms with E-state index in [-0.39, 0.29) is 29.1 Å². The number of ether oxygens (including phenoxy) is 1. The Kier molecular flexibility index (Phi) is 6.77. The van der Waals surface area contributed by atoms with Crippen LogP contribution in [0.1, 0.15) is 61.9 Å². The quantitative estimate of drug-likeness (QED) is 0.569. The molecule has 0 bridgehead atoms. The van der Waals surface area contributed by atoms with Gasteiger partial charge in [-0.3, -0.25) is 4.79 Å². The molecule has 2 aliphatic rings. The first-order valence-electron chi connectivity index (χ1n) is 10.0. The summed E-state index contributed by atoms with van der Waals surface area (Å²) in [5.74, 6) is -1.03. The van der Waals surface area contributed by atoms with E-state index in [1.807, 2.05) is 0 Å². The van der Waals surface area contributed by atoms with Gasteiger partial charge < -0.3 is 14.6 Å². The Labute approximate surface area is 166 Å². The summed E-state index contributed by atoms with van der Waals surface area (Å²) in [7, 11) is -2.01. The van der Waals surface area contributed by atoms with Crippen molar-refractivity contribution in [1.29, 1.82) is 0 Å². The van der Waals surface area contributed by atoms with Crippen LogP contribution in [-0.2, 0) is 26.6 Å². The van der Waals surface area contributed by atoms with Gasteiger partial charge in [-0.15, -0.1) is 0 Å². The van der Waals surface area contributed by atoms with Gasteiger partial charge in [-0.2, -0.15) is 4.31 Å². The van der Waals surface area contributed by atoms with Crippen LogP contribution in [0.5, 0.6) is 0 Å². The highest BCUT2D eigenvalue weighted by atomic mass is 32.2. The number of hydrogen-bond donors (Lipinski definition) is 1. The highest BCUT2D eigenvalue weighted by molar-refractivity contribution is 7.89. The van der Waals surface area contributed by atoms with Gasteiger partial charge in [0.2, 0.25) is 10.0 Å². The van der Waals surface area contributed by atoms with E-state index in [0.717, 1.165) is 38.5 Å². The summed E-state index contributed by atoms with van der Waals surface area (Å²) in [5, 5.41) is 2.92. The van der Waals surface area contributed by atoms with Crippen LogP contribution in [0.15, 0.2) is 17.2 Å². The zero-order chi connectivity index (χ0) is 20.1. The highest BCUT2D eigenvalue weighted by Crippen LogP contribution is 2.23. The maximum atomic E-state index is 12.6. The third kappa shape index (κ3) is 4.94. The summed E-state index contributed by atoms with van der Waals surface area (Å²) >= 11 is 0. The van der Waals surface area contributed by atoms with E-state index in [4.69, 9.17) is 4.74 Å². The number of sulfonamides is 1. The highest BCUT2D eigenvalue weighted by Gasteiger charge is 2.30. The van der Waals surface area contributed by atoms with Gasteiger partial charge in [0.25, 0.3) is 5.91 Å². The van der Waals surface area contributed by atoms with Crippen molar-refractivity contribution in [2.24, 2.45) is 7.05 Å². The van der Waals surface area contributed by atoms with E-state index in [2.05, 4.69) is 5.32 Å². The number of rotatable bonds is 6. The minimum absolute atomic E-state index is 0.0757. The van der Waals surface area contributed by atoms with Crippen LogP contribution in [-0.4, -0.2) is 54.9 Å². The summed E-state index contributed by atoms with van der Waals surface area (Å²) in [6.45, 7) is 0.630. The molecular formula is C19H29N3O5S. The first kappa shape index (κ1) is 20.9. The van der Waals surface area contributed by atoms with E-state index in [9.17, 15) is 18.0 Å². The largest absolute Gasteiger partial charge is 0.451 e. The van der Waals surface area contributed by atoms with Crippen molar-refractivity contribution in [2.75, 3.05) is 19.7 Å². The van der Waals surface area contributed by atoms with Crippen molar-refractivity contribution in [3.8, 4) is 0 Å². The number of nitrogens with one attached hydrogen (secondary N) is 1. The van der Waals surface area contributed by atoms with Gasteiger partial charge in [-0.1, -0.05) is 25.7 Å². The maximum absolute atomic E-state index is 12.6. The van der Waals surface area contributed by atoms with Gasteiger partial charge in [0.15, 0.2) is 6.61 Å². The van der Waals surface area contributed by atoms with Crippen LogP contribution in [0.4, 0.5) is 0 Å². The molecule has 1 aromatic heterocycles. The van der Waals surface area contributed by atoms with Crippen molar-refractivity contribution in [3.63, 3.8) is 0 Å². The fourth-order valence-electron chi connectivity index (χ4n) is 3.85. The number of aryl methyl sites for hydroxylation is 1. The number of amides is 1. The van der Waals surface area contributed by atoms with Crippen molar-refractivity contribution in [3.05, 3.63) is 18.0 Å². The van der Waals surface area contributed by atoms with Crippen LogP contribution in [0.3, 0.4) is 0 Å². The fourth-order valence-corrected chi connectivity index (χ4v) is 5.44. The number of carbonyl (C=O) groups excluding carboxylic acids is 2. The van der Waals surface area contributed by atoms with Crippen LogP contribution in [0.2, 0.25) is 0 Å². The van der Waals surface area contributed by atoms with Crippen LogP contribution >= 0.6 is 0 Å². The van der Waals surface area contributed by atoms with Gasteiger partial charge in [0, 0.05) is 32.4 Å². The van der Waals surface area contributed by atoms with Gasteiger partial charge in [0.1, 0.15) is 10.6 Å². The SMILES string of the molecule is Cn1cc(S(=O)(=O)N2CCCC2)cc1C(=O)OCC(=O)NC1CCCCCC1. The Morgan fingerprint density at radius 1 is 1.11 bits per heavy atom. The fraction of sp³-hybridized carbons (Fsp3) is 0.684. The molecule has 1 amide bonds. The predicted octanol–water partition coefficient (Wildman–Crippen LogP) is 1.81. The lowest BCUT2D eigenvalue weighted by molar-refractivity contribution is -0.125. The average Bonchev–Trinajstić information content (AvgIpc) is 3.26. The molecule has 1 N–H and O–H groups in total. The molecule has 0 aromatic carbocycles. The zero-order valence-electron chi connectivity index (χ0n) is 16.4. The lowest BCUT2D eigenvalue weighted by atomic mass is 10.1. The summed E-state index contributed by atoms with van der Waals surface area (Å²) in [5.41, 5.74) is 0.111. The molecule has 1 saturated heterocycles. The third-order valence-corrected chi connectivity index (χ3v) is 7.31. The monoisotopic (exact) mass is 411 g/mol. The van der Waals surface area contributed by atoms with Crippen LogP contribution < -0.4 is 5.32 Å². The summed E-state index contributed by atoms with van der Waals surface area (Å²) in [6.07, 6.45) is 9.59.